The van der Waals surface area contributed by atoms with Crippen LogP contribution in [-0.4, -0.2) is 38.8 Å². The molecule has 1 saturated heterocycles. The van der Waals surface area contributed by atoms with Crippen LogP contribution in [0.4, 0.5) is 0 Å². The summed E-state index contributed by atoms with van der Waals surface area (Å²) in [6.07, 6.45) is 4.83. The Bertz CT molecular complexity index is 634. The molecular weight excluding hydrogens is 278 g/mol. The van der Waals surface area contributed by atoms with Crippen molar-refractivity contribution in [1.29, 1.82) is 0 Å². The molecule has 2 aliphatic rings. The minimum Gasteiger partial charge on any atom is -0.497 e. The van der Waals surface area contributed by atoms with Crippen LogP contribution in [-0.2, 0) is 6.54 Å². The molecule has 1 atom stereocenters. The summed E-state index contributed by atoms with van der Waals surface area (Å²) >= 11 is 0. The second-order valence-corrected chi connectivity index (χ2v) is 6.17. The maximum Gasteiger partial charge on any atom is 0.165 e. The molecule has 4 rings (SSSR count). The third-order valence-corrected chi connectivity index (χ3v) is 4.66. The molecule has 116 valence electrons. The van der Waals surface area contributed by atoms with E-state index in [4.69, 9.17) is 4.74 Å². The van der Waals surface area contributed by atoms with Gasteiger partial charge in [-0.2, -0.15) is 0 Å². The smallest absolute Gasteiger partial charge is 0.165 e. The lowest BCUT2D eigenvalue weighted by atomic mass is 10.0. The van der Waals surface area contributed by atoms with E-state index in [1.54, 1.807) is 7.11 Å². The summed E-state index contributed by atoms with van der Waals surface area (Å²) in [6, 6.07) is 9.42. The zero-order chi connectivity index (χ0) is 14.9. The van der Waals surface area contributed by atoms with Gasteiger partial charge in [0.15, 0.2) is 5.82 Å². The molecule has 1 aliphatic carbocycles. The van der Waals surface area contributed by atoms with Gasteiger partial charge in [-0.1, -0.05) is 12.1 Å². The number of ether oxygens (including phenoxy) is 1. The van der Waals surface area contributed by atoms with Gasteiger partial charge < -0.3 is 4.74 Å². The molecule has 1 aromatic heterocycles. The largest absolute Gasteiger partial charge is 0.497 e. The monoisotopic (exact) mass is 299 g/mol. The van der Waals surface area contributed by atoms with E-state index in [9.17, 15) is 0 Å². The predicted molar refractivity (Wildman–Crippen MR) is 81.5 cm³/mol. The summed E-state index contributed by atoms with van der Waals surface area (Å²) in [7, 11) is 1.70. The van der Waals surface area contributed by atoms with Gasteiger partial charge in [0.2, 0.25) is 0 Å². The molecule has 2 fully saturated rings. The Morgan fingerprint density at radius 2 is 2.00 bits per heavy atom. The highest BCUT2D eigenvalue weighted by molar-refractivity contribution is 5.29. The molecular formula is C16H21N5O. The van der Waals surface area contributed by atoms with Crippen LogP contribution in [0.1, 0.15) is 49.2 Å². The molecule has 1 aliphatic heterocycles. The lowest BCUT2D eigenvalue weighted by Crippen LogP contribution is -2.25. The van der Waals surface area contributed by atoms with Crippen molar-refractivity contribution in [2.75, 3.05) is 13.7 Å². The first-order chi connectivity index (χ1) is 10.8. The normalized spacial score (nSPS) is 22.1. The molecule has 0 spiro atoms. The first-order valence-corrected chi connectivity index (χ1v) is 8.00. The van der Waals surface area contributed by atoms with E-state index in [-0.39, 0.29) is 0 Å². The van der Waals surface area contributed by atoms with Gasteiger partial charge in [-0.3, -0.25) is 4.90 Å². The molecule has 0 amide bonds. The van der Waals surface area contributed by atoms with Crippen molar-refractivity contribution in [2.24, 2.45) is 0 Å². The molecule has 22 heavy (non-hydrogen) atoms. The highest BCUT2D eigenvalue weighted by atomic mass is 16.5. The fourth-order valence-electron chi connectivity index (χ4n) is 3.32. The quantitative estimate of drug-likeness (QED) is 0.848. The Morgan fingerprint density at radius 3 is 2.73 bits per heavy atom. The number of aromatic nitrogens is 4. The van der Waals surface area contributed by atoms with Crippen LogP contribution >= 0.6 is 0 Å². The summed E-state index contributed by atoms with van der Waals surface area (Å²) < 4.78 is 7.27. The average Bonchev–Trinajstić information content (AvgIpc) is 3.12. The maximum absolute atomic E-state index is 5.25. The molecule has 1 aromatic carbocycles. The van der Waals surface area contributed by atoms with Crippen molar-refractivity contribution >= 4 is 0 Å². The SMILES string of the molecule is COc1ccc([C@@H]2CCCN2Cc2nnnn2C2CC2)cc1. The molecule has 1 saturated carbocycles. The van der Waals surface area contributed by atoms with Crippen LogP contribution in [0.3, 0.4) is 0 Å². The van der Waals surface area contributed by atoms with E-state index in [0.717, 1.165) is 24.7 Å². The van der Waals surface area contributed by atoms with E-state index < -0.39 is 0 Å². The molecule has 6 nitrogen and oxygen atoms in total. The minimum atomic E-state index is 0.454. The fraction of sp³-hybridized carbons (Fsp3) is 0.562. The molecule has 6 heteroatoms. The number of nitrogens with zero attached hydrogens (tertiary/aromatic N) is 5. The number of rotatable bonds is 5. The average molecular weight is 299 g/mol. The third-order valence-electron chi connectivity index (χ3n) is 4.66. The summed E-state index contributed by atoms with van der Waals surface area (Å²) in [5, 5.41) is 12.3. The number of benzene rings is 1. The summed E-state index contributed by atoms with van der Waals surface area (Å²) in [4.78, 5) is 2.49. The van der Waals surface area contributed by atoms with Gasteiger partial charge in [0.05, 0.1) is 19.7 Å². The van der Waals surface area contributed by atoms with Crippen LogP contribution in [0.15, 0.2) is 24.3 Å². The molecule has 0 bridgehead atoms. The van der Waals surface area contributed by atoms with Crippen LogP contribution in [0.25, 0.3) is 0 Å². The molecule has 0 unspecified atom stereocenters. The number of hydrogen-bond acceptors (Lipinski definition) is 5. The summed E-state index contributed by atoms with van der Waals surface area (Å²) in [5.74, 6) is 1.91. The molecule has 0 N–H and O–H groups in total. The highest BCUT2D eigenvalue weighted by Gasteiger charge is 2.31. The van der Waals surface area contributed by atoms with Gasteiger partial charge in [0.25, 0.3) is 0 Å². The van der Waals surface area contributed by atoms with E-state index in [0.29, 0.717) is 12.1 Å². The maximum atomic E-state index is 5.25. The Balaban J connectivity index is 1.51. The van der Waals surface area contributed by atoms with Crippen LogP contribution in [0.5, 0.6) is 5.75 Å². The van der Waals surface area contributed by atoms with Crippen LogP contribution < -0.4 is 4.74 Å². The number of hydrogen-bond donors (Lipinski definition) is 0. The van der Waals surface area contributed by atoms with Crippen molar-refractivity contribution in [2.45, 2.75) is 44.3 Å². The van der Waals surface area contributed by atoms with E-state index >= 15 is 0 Å². The highest BCUT2D eigenvalue weighted by Crippen LogP contribution is 2.37. The van der Waals surface area contributed by atoms with Gasteiger partial charge in [-0.05, 0) is 60.4 Å². The third kappa shape index (κ3) is 2.59. The van der Waals surface area contributed by atoms with Crippen LogP contribution in [0, 0.1) is 0 Å². The number of tetrazole rings is 1. The van der Waals surface area contributed by atoms with Gasteiger partial charge in [0, 0.05) is 6.04 Å². The fourth-order valence-corrected chi connectivity index (χ4v) is 3.32. The predicted octanol–water partition coefficient (Wildman–Crippen LogP) is 2.35. The van der Waals surface area contributed by atoms with Crippen molar-refractivity contribution in [3.8, 4) is 5.75 Å². The van der Waals surface area contributed by atoms with Crippen LogP contribution in [0.2, 0.25) is 0 Å². The van der Waals surface area contributed by atoms with E-state index in [1.165, 1.54) is 31.2 Å². The standard InChI is InChI=1S/C16H21N5O/c1-22-14-8-4-12(5-9-14)15-3-2-10-20(15)11-16-17-18-19-21(16)13-6-7-13/h4-5,8-9,13,15H,2-3,6-7,10-11H2,1H3/t15-/m0/s1. The molecule has 2 heterocycles. The van der Waals surface area contributed by atoms with Gasteiger partial charge >= 0.3 is 0 Å². The lowest BCUT2D eigenvalue weighted by molar-refractivity contribution is 0.237. The van der Waals surface area contributed by atoms with Crippen molar-refractivity contribution in [1.82, 2.24) is 25.1 Å². The Kier molecular flexibility index (Phi) is 3.54. The van der Waals surface area contributed by atoms with Gasteiger partial charge in [0.1, 0.15) is 5.75 Å². The molecule has 0 radical (unpaired) electrons. The second-order valence-electron chi connectivity index (χ2n) is 6.17. The van der Waals surface area contributed by atoms with Crippen molar-refractivity contribution < 1.29 is 4.74 Å². The lowest BCUT2D eigenvalue weighted by Gasteiger charge is -2.24. The Labute approximate surface area is 130 Å². The topological polar surface area (TPSA) is 56.1 Å². The van der Waals surface area contributed by atoms with Gasteiger partial charge in [-0.15, -0.1) is 5.10 Å². The molecule has 2 aromatic rings. The Hall–Kier alpha value is -1.95. The second kappa shape index (κ2) is 5.68. The zero-order valence-corrected chi connectivity index (χ0v) is 12.9. The number of likely N-dealkylation sites (tertiary alicyclic amines) is 1. The van der Waals surface area contributed by atoms with Gasteiger partial charge in [-0.25, -0.2) is 4.68 Å². The van der Waals surface area contributed by atoms with E-state index in [2.05, 4.69) is 32.6 Å². The van der Waals surface area contributed by atoms with Crippen molar-refractivity contribution in [3.63, 3.8) is 0 Å². The minimum absolute atomic E-state index is 0.454. The summed E-state index contributed by atoms with van der Waals surface area (Å²) in [5.41, 5.74) is 1.35. The Morgan fingerprint density at radius 1 is 1.18 bits per heavy atom. The first kappa shape index (κ1) is 13.7. The zero-order valence-electron chi connectivity index (χ0n) is 12.9. The first-order valence-electron chi connectivity index (χ1n) is 8.00. The number of methoxy groups -OCH3 is 1. The van der Waals surface area contributed by atoms with E-state index in [1.807, 2.05) is 16.8 Å². The summed E-state index contributed by atoms with van der Waals surface area (Å²) in [6.45, 7) is 1.94. The van der Waals surface area contributed by atoms with Crippen molar-refractivity contribution in [3.05, 3.63) is 35.7 Å².